The Balaban J connectivity index is 1.84. The van der Waals surface area contributed by atoms with Crippen LogP contribution in [0.5, 0.6) is 0 Å². The molecule has 8 heteroatoms. The molecule has 25 heavy (non-hydrogen) atoms. The molecule has 2 aliphatic heterocycles. The van der Waals surface area contributed by atoms with Gasteiger partial charge in [0.25, 0.3) is 0 Å². The van der Waals surface area contributed by atoms with Crippen LogP contribution >= 0.6 is 17.8 Å². The minimum absolute atomic E-state index is 0.647. The number of nitrogens with zero attached hydrogens (tertiary/aromatic N) is 3. The maximum Gasteiger partial charge on any atom is 0.236 e. The average Bonchev–Trinajstić information content (AvgIpc) is 3.16. The number of anilines is 1. The van der Waals surface area contributed by atoms with Gasteiger partial charge in [0.1, 0.15) is 0 Å². The van der Waals surface area contributed by atoms with E-state index in [0.29, 0.717) is 19.1 Å². The van der Waals surface area contributed by atoms with Gasteiger partial charge in [-0.2, -0.15) is 0 Å². The summed E-state index contributed by atoms with van der Waals surface area (Å²) in [5.41, 5.74) is 2.04. The molecule has 132 valence electrons. The Kier molecular flexibility index (Phi) is 4.69. The summed E-state index contributed by atoms with van der Waals surface area (Å²) < 4.78 is 14.2. The summed E-state index contributed by atoms with van der Waals surface area (Å²) in [5, 5.41) is 3.07. The van der Waals surface area contributed by atoms with Gasteiger partial charge in [0.05, 0.1) is 29.1 Å². The minimum Gasteiger partial charge on any atom is -0.430 e. The first-order chi connectivity index (χ1) is 12.1. The summed E-state index contributed by atoms with van der Waals surface area (Å²) in [6, 6.07) is 10.3. The maximum atomic E-state index is 6.43. The number of rotatable bonds is 3. The second kappa shape index (κ2) is 6.82. The van der Waals surface area contributed by atoms with Crippen molar-refractivity contribution in [3.8, 4) is 0 Å². The molecule has 0 spiro atoms. The molecule has 0 amide bonds. The van der Waals surface area contributed by atoms with E-state index in [1.807, 2.05) is 31.6 Å². The van der Waals surface area contributed by atoms with E-state index in [4.69, 9.17) is 26.1 Å². The summed E-state index contributed by atoms with van der Waals surface area (Å²) in [7, 11) is 4.06. The van der Waals surface area contributed by atoms with E-state index in [2.05, 4.69) is 27.8 Å². The monoisotopic (exact) mass is 393 g/mol. The van der Waals surface area contributed by atoms with Crippen LogP contribution in [0.25, 0.3) is 0 Å². The van der Waals surface area contributed by atoms with Gasteiger partial charge in [0, 0.05) is 32.9 Å². The van der Waals surface area contributed by atoms with Crippen molar-refractivity contribution in [3.63, 3.8) is 0 Å². The van der Waals surface area contributed by atoms with Crippen LogP contribution in [0.4, 0.5) is 11.4 Å². The van der Waals surface area contributed by atoms with Crippen molar-refractivity contribution in [2.75, 3.05) is 45.3 Å². The molecule has 1 atom stereocenters. The summed E-state index contributed by atoms with van der Waals surface area (Å²) in [4.78, 5) is 7.90. The van der Waals surface area contributed by atoms with E-state index < -0.39 is 6.42 Å². The van der Waals surface area contributed by atoms with Crippen LogP contribution in [-0.4, -0.2) is 51.0 Å². The molecule has 5 nitrogen and oxygen atoms in total. The second-order valence-corrected chi connectivity index (χ2v) is 10.8. The molecule has 4 rings (SSSR count). The molecule has 0 aliphatic carbocycles. The Hall–Kier alpha value is -1.24. The van der Waals surface area contributed by atoms with E-state index in [1.165, 1.54) is 0 Å². The lowest BCUT2D eigenvalue weighted by molar-refractivity contribution is 0.0723. The zero-order valence-electron chi connectivity index (χ0n) is 14.2. The number of hydrogen-bond donors (Lipinski definition) is 0. The first-order valence-corrected chi connectivity index (χ1v) is 11.7. The minimum atomic E-state index is -2.38. The highest BCUT2D eigenvalue weighted by Crippen LogP contribution is 2.55. The molecular weight excluding hydrogens is 373 g/mol. The number of benzene rings is 1. The van der Waals surface area contributed by atoms with Gasteiger partial charge in [-0.25, -0.2) is 9.66 Å². The third-order valence-corrected chi connectivity index (χ3v) is 9.22. The van der Waals surface area contributed by atoms with Gasteiger partial charge in [0.2, 0.25) is 12.3 Å². The molecule has 3 heterocycles. The van der Waals surface area contributed by atoms with E-state index >= 15 is 0 Å². The molecule has 1 aromatic heterocycles. The number of morpholine rings is 1. The van der Waals surface area contributed by atoms with Crippen molar-refractivity contribution in [3.05, 3.63) is 40.6 Å². The quantitative estimate of drug-likeness (QED) is 0.749. The van der Waals surface area contributed by atoms with Crippen molar-refractivity contribution >= 4 is 52.1 Å². The van der Waals surface area contributed by atoms with E-state index in [0.717, 1.165) is 34.6 Å². The van der Waals surface area contributed by atoms with Crippen LogP contribution in [0.3, 0.4) is 0 Å². The zero-order valence-corrected chi connectivity index (χ0v) is 16.7. The molecule has 0 radical (unpaired) electrons. The molecule has 1 aromatic carbocycles. The molecule has 1 saturated heterocycles. The molecular formula is C17H20N3O2PS2. The van der Waals surface area contributed by atoms with Crippen molar-refractivity contribution in [2.24, 2.45) is 4.99 Å². The van der Waals surface area contributed by atoms with Crippen molar-refractivity contribution in [1.29, 1.82) is 0 Å². The van der Waals surface area contributed by atoms with E-state index in [-0.39, 0.29) is 0 Å². The highest BCUT2D eigenvalue weighted by atomic mass is 32.4. The van der Waals surface area contributed by atoms with Crippen LogP contribution < -0.4 is 10.2 Å². The number of fused-ring (bicyclic) bond motifs is 1. The third-order valence-electron chi connectivity index (χ3n) is 4.30. The van der Waals surface area contributed by atoms with Gasteiger partial charge >= 0.3 is 0 Å². The van der Waals surface area contributed by atoms with Crippen molar-refractivity contribution < 1.29 is 9.26 Å². The molecule has 0 saturated carbocycles. The van der Waals surface area contributed by atoms with Gasteiger partial charge < -0.3 is 14.2 Å². The Morgan fingerprint density at radius 3 is 2.72 bits per heavy atom. The standard InChI is InChI=1S/C17H20N3O2PS2/c1-19(2)13-5-6-15-14(12-13)18-17(16-4-3-11-25-16)22-23(15,24)20-7-9-21-10-8-20/h3-6,11-12H,7-10H2,1-2H3. The molecule has 1 fully saturated rings. The highest BCUT2D eigenvalue weighted by molar-refractivity contribution is 8.15. The lowest BCUT2D eigenvalue weighted by Crippen LogP contribution is -2.39. The Labute approximate surface area is 157 Å². The predicted molar refractivity (Wildman–Crippen MR) is 109 cm³/mol. The topological polar surface area (TPSA) is 37.3 Å². The van der Waals surface area contributed by atoms with Crippen LogP contribution in [-0.2, 0) is 21.1 Å². The Morgan fingerprint density at radius 1 is 1.24 bits per heavy atom. The smallest absolute Gasteiger partial charge is 0.236 e. The second-order valence-electron chi connectivity index (χ2n) is 6.14. The van der Waals surface area contributed by atoms with Gasteiger partial charge in [-0.3, -0.25) is 0 Å². The van der Waals surface area contributed by atoms with Gasteiger partial charge in [-0.05, 0) is 41.5 Å². The van der Waals surface area contributed by atoms with Crippen molar-refractivity contribution in [1.82, 2.24) is 4.67 Å². The van der Waals surface area contributed by atoms with Crippen LogP contribution in [0, 0.1) is 0 Å². The van der Waals surface area contributed by atoms with Gasteiger partial charge in [-0.1, -0.05) is 6.07 Å². The van der Waals surface area contributed by atoms with Crippen molar-refractivity contribution in [2.45, 2.75) is 0 Å². The number of ether oxygens (including phenoxy) is 1. The fraction of sp³-hybridized carbons (Fsp3) is 0.353. The van der Waals surface area contributed by atoms with Crippen LogP contribution in [0.1, 0.15) is 4.88 Å². The predicted octanol–water partition coefficient (Wildman–Crippen LogP) is 3.19. The molecule has 0 N–H and O–H groups in total. The SMILES string of the molecule is CN(C)c1ccc2c(c1)N=C(c1cccs1)OP2(=S)N1CCOCC1. The fourth-order valence-corrected chi connectivity index (χ4v) is 7.07. The largest absolute Gasteiger partial charge is 0.430 e. The highest BCUT2D eigenvalue weighted by Gasteiger charge is 2.38. The molecule has 2 aliphatic rings. The summed E-state index contributed by atoms with van der Waals surface area (Å²) in [5.74, 6) is 0.647. The van der Waals surface area contributed by atoms with Gasteiger partial charge in [-0.15, -0.1) is 11.3 Å². The lowest BCUT2D eigenvalue weighted by Gasteiger charge is -2.39. The van der Waals surface area contributed by atoms with E-state index in [1.54, 1.807) is 11.3 Å². The average molecular weight is 393 g/mol. The molecule has 1 unspecified atom stereocenters. The summed E-state index contributed by atoms with van der Waals surface area (Å²) >= 11 is 7.78. The van der Waals surface area contributed by atoms with Gasteiger partial charge in [0.15, 0.2) is 0 Å². The normalized spacial score (nSPS) is 23.5. The Morgan fingerprint density at radius 2 is 2.04 bits per heavy atom. The Bertz CT molecular complexity index is 846. The summed E-state index contributed by atoms with van der Waals surface area (Å²) in [6.45, 7) is 2.98. The molecule has 2 aromatic rings. The number of thiophene rings is 1. The number of hydrogen-bond acceptors (Lipinski definition) is 6. The number of aliphatic imine (C=N–C) groups is 1. The fourth-order valence-electron chi connectivity index (χ4n) is 2.94. The summed E-state index contributed by atoms with van der Waals surface area (Å²) in [6.07, 6.45) is -2.38. The van der Waals surface area contributed by atoms with E-state index in [9.17, 15) is 0 Å². The first kappa shape index (κ1) is 17.2. The molecule has 0 bridgehead atoms. The third kappa shape index (κ3) is 3.15. The maximum absolute atomic E-state index is 6.43. The van der Waals surface area contributed by atoms with Crippen LogP contribution in [0.15, 0.2) is 40.7 Å². The first-order valence-electron chi connectivity index (χ1n) is 8.15. The van der Waals surface area contributed by atoms with Crippen LogP contribution in [0.2, 0.25) is 0 Å². The lowest BCUT2D eigenvalue weighted by atomic mass is 10.2. The zero-order chi connectivity index (χ0) is 17.4.